The van der Waals surface area contributed by atoms with Crippen molar-refractivity contribution in [2.24, 2.45) is 11.8 Å². The topological polar surface area (TPSA) is 29.5 Å². The molecule has 1 aromatic rings. The van der Waals surface area contributed by atoms with Crippen LogP contribution in [0.1, 0.15) is 51.2 Å². The molecule has 3 heteroatoms. The van der Waals surface area contributed by atoms with Crippen LogP contribution in [-0.4, -0.2) is 10.7 Å². The van der Waals surface area contributed by atoms with E-state index < -0.39 is 6.10 Å². The number of halogens is 1. The van der Waals surface area contributed by atoms with Gasteiger partial charge in [-0.3, -0.25) is 0 Å². The Bertz CT molecular complexity index is 476. The van der Waals surface area contributed by atoms with Gasteiger partial charge in [0.1, 0.15) is 17.2 Å². The Morgan fingerprint density at radius 3 is 2.58 bits per heavy atom. The second-order valence-corrected chi connectivity index (χ2v) is 6.54. The predicted octanol–water partition coefficient (Wildman–Crippen LogP) is 3.84. The number of hydrogen-bond acceptors (Lipinski definition) is 2. The highest BCUT2D eigenvalue weighted by molar-refractivity contribution is 5.38. The van der Waals surface area contributed by atoms with Crippen molar-refractivity contribution in [2.45, 2.75) is 51.2 Å². The van der Waals surface area contributed by atoms with E-state index in [2.05, 4.69) is 13.8 Å². The van der Waals surface area contributed by atoms with Crippen molar-refractivity contribution in [3.63, 3.8) is 0 Å². The van der Waals surface area contributed by atoms with E-state index in [9.17, 15) is 9.50 Å². The minimum absolute atomic E-state index is 0.263. The Labute approximate surface area is 113 Å². The molecule has 2 aliphatic rings. The largest absolute Gasteiger partial charge is 0.487 e. The minimum atomic E-state index is -0.614. The molecule has 3 rings (SSSR count). The van der Waals surface area contributed by atoms with E-state index in [1.54, 1.807) is 6.07 Å². The van der Waals surface area contributed by atoms with Crippen LogP contribution in [0, 0.1) is 17.7 Å². The van der Waals surface area contributed by atoms with Gasteiger partial charge in [-0.25, -0.2) is 4.39 Å². The lowest BCUT2D eigenvalue weighted by Gasteiger charge is -2.47. The third-order valence-corrected chi connectivity index (χ3v) is 4.47. The molecule has 1 aromatic carbocycles. The quantitative estimate of drug-likeness (QED) is 0.771. The molecule has 19 heavy (non-hydrogen) atoms. The summed E-state index contributed by atoms with van der Waals surface area (Å²) in [4.78, 5) is 0. The van der Waals surface area contributed by atoms with Crippen LogP contribution in [0.3, 0.4) is 0 Å². The number of aliphatic hydroxyl groups is 1. The van der Waals surface area contributed by atoms with Gasteiger partial charge in [0, 0.05) is 12.0 Å². The van der Waals surface area contributed by atoms with Gasteiger partial charge < -0.3 is 9.84 Å². The fourth-order valence-electron chi connectivity index (χ4n) is 4.07. The molecule has 0 bridgehead atoms. The Kier molecular flexibility index (Phi) is 3.05. The summed E-state index contributed by atoms with van der Waals surface area (Å²) in [5, 5.41) is 10.3. The maximum atomic E-state index is 13.3. The van der Waals surface area contributed by atoms with Gasteiger partial charge in [-0.05, 0) is 49.3 Å². The molecule has 2 nitrogen and oxygen atoms in total. The zero-order valence-electron chi connectivity index (χ0n) is 11.5. The molecule has 1 saturated carbocycles. The summed E-state index contributed by atoms with van der Waals surface area (Å²) in [6.45, 7) is 4.49. The normalized spacial score (nSPS) is 37.8. The highest BCUT2D eigenvalue weighted by Gasteiger charge is 2.45. The number of rotatable bonds is 0. The lowest BCUT2D eigenvalue weighted by molar-refractivity contribution is -0.0625. The highest BCUT2D eigenvalue weighted by atomic mass is 19.1. The molecule has 104 valence electrons. The van der Waals surface area contributed by atoms with E-state index >= 15 is 0 Å². The lowest BCUT2D eigenvalue weighted by Crippen LogP contribution is -2.46. The molecule has 1 heterocycles. The lowest BCUT2D eigenvalue weighted by atomic mass is 9.70. The summed E-state index contributed by atoms with van der Waals surface area (Å²) in [5.41, 5.74) is 0.331. The molecule has 0 aromatic heterocycles. The van der Waals surface area contributed by atoms with Crippen LogP contribution < -0.4 is 4.74 Å². The molecular formula is C16H21FO2. The van der Waals surface area contributed by atoms with E-state index in [0.717, 1.165) is 12.8 Å². The summed E-state index contributed by atoms with van der Waals surface area (Å²) in [6.07, 6.45) is 3.14. The van der Waals surface area contributed by atoms with Gasteiger partial charge in [0.25, 0.3) is 0 Å². The van der Waals surface area contributed by atoms with Crippen molar-refractivity contribution in [3.8, 4) is 5.75 Å². The molecule has 0 saturated heterocycles. The molecule has 0 radical (unpaired) electrons. The molecule has 1 fully saturated rings. The third kappa shape index (κ3) is 2.36. The third-order valence-electron chi connectivity index (χ3n) is 4.47. The number of benzene rings is 1. The number of fused-ring (bicyclic) bond motifs is 1. The Hall–Kier alpha value is -1.09. The van der Waals surface area contributed by atoms with E-state index in [0.29, 0.717) is 29.6 Å². The molecule has 0 amide bonds. The first kappa shape index (κ1) is 12.9. The maximum Gasteiger partial charge on any atom is 0.126 e. The molecule has 3 atom stereocenters. The monoisotopic (exact) mass is 264 g/mol. The molecule has 1 spiro atoms. The first-order valence-electron chi connectivity index (χ1n) is 7.14. The van der Waals surface area contributed by atoms with Crippen molar-refractivity contribution >= 4 is 0 Å². The van der Waals surface area contributed by atoms with Crippen LogP contribution in [0.5, 0.6) is 5.75 Å². The van der Waals surface area contributed by atoms with E-state index in [1.807, 2.05) is 0 Å². The number of aliphatic hydroxyl groups excluding tert-OH is 1. The summed E-state index contributed by atoms with van der Waals surface area (Å²) in [7, 11) is 0. The van der Waals surface area contributed by atoms with Gasteiger partial charge >= 0.3 is 0 Å². The van der Waals surface area contributed by atoms with Crippen LogP contribution >= 0.6 is 0 Å². The summed E-state index contributed by atoms with van der Waals surface area (Å²) < 4.78 is 19.5. The van der Waals surface area contributed by atoms with Crippen LogP contribution in [-0.2, 0) is 0 Å². The van der Waals surface area contributed by atoms with Crippen LogP contribution in [0.4, 0.5) is 4.39 Å². The second kappa shape index (κ2) is 4.48. The predicted molar refractivity (Wildman–Crippen MR) is 71.5 cm³/mol. The van der Waals surface area contributed by atoms with Gasteiger partial charge in [-0.2, -0.15) is 0 Å². The highest BCUT2D eigenvalue weighted by Crippen LogP contribution is 2.48. The molecule has 2 unspecified atom stereocenters. The fraction of sp³-hybridized carbons (Fsp3) is 0.625. The van der Waals surface area contributed by atoms with E-state index in [1.165, 1.54) is 18.6 Å². The molecule has 1 aliphatic heterocycles. The number of hydrogen-bond donors (Lipinski definition) is 1. The van der Waals surface area contributed by atoms with Gasteiger partial charge in [-0.15, -0.1) is 0 Å². The van der Waals surface area contributed by atoms with Gasteiger partial charge in [-0.1, -0.05) is 13.8 Å². The second-order valence-electron chi connectivity index (χ2n) is 6.54. The average molecular weight is 264 g/mol. The first-order valence-corrected chi connectivity index (χ1v) is 7.14. The van der Waals surface area contributed by atoms with E-state index in [4.69, 9.17) is 4.74 Å². The van der Waals surface area contributed by atoms with Crippen LogP contribution in [0.25, 0.3) is 0 Å². The molecule has 1 N–H and O–H groups in total. The van der Waals surface area contributed by atoms with Crippen molar-refractivity contribution in [3.05, 3.63) is 29.6 Å². The first-order chi connectivity index (χ1) is 8.97. The van der Waals surface area contributed by atoms with Crippen LogP contribution in [0.2, 0.25) is 0 Å². The minimum Gasteiger partial charge on any atom is -0.487 e. The van der Waals surface area contributed by atoms with Crippen molar-refractivity contribution in [1.82, 2.24) is 0 Å². The van der Waals surface area contributed by atoms with Gasteiger partial charge in [0.15, 0.2) is 0 Å². The summed E-state index contributed by atoms with van der Waals surface area (Å²) in [6, 6.07) is 4.45. The SMILES string of the molecule is CC1CC(C)CC2(C1)C[C@H](O)c1cc(F)ccc1O2. The zero-order chi connectivity index (χ0) is 13.6. The van der Waals surface area contributed by atoms with Crippen molar-refractivity contribution in [2.75, 3.05) is 0 Å². The summed E-state index contributed by atoms with van der Waals surface area (Å²) in [5.74, 6) is 1.56. The molecular weight excluding hydrogens is 243 g/mol. The maximum absolute atomic E-state index is 13.3. The smallest absolute Gasteiger partial charge is 0.126 e. The Balaban J connectivity index is 1.94. The Morgan fingerprint density at radius 1 is 1.21 bits per heavy atom. The van der Waals surface area contributed by atoms with Crippen molar-refractivity contribution in [1.29, 1.82) is 0 Å². The fourth-order valence-corrected chi connectivity index (χ4v) is 4.07. The average Bonchev–Trinajstić information content (AvgIpc) is 2.28. The molecule has 1 aliphatic carbocycles. The van der Waals surface area contributed by atoms with E-state index in [-0.39, 0.29) is 11.4 Å². The van der Waals surface area contributed by atoms with Gasteiger partial charge in [0.2, 0.25) is 0 Å². The zero-order valence-corrected chi connectivity index (χ0v) is 11.5. The standard InChI is InChI=1S/C16H21FO2/c1-10-5-11(2)8-16(7-10)9-14(18)13-6-12(17)3-4-15(13)19-16/h3-4,6,10-11,14,18H,5,7-9H2,1-2H3/t10?,11?,14-,16?/m0/s1. The Morgan fingerprint density at radius 2 is 1.89 bits per heavy atom. The van der Waals surface area contributed by atoms with Crippen LogP contribution in [0.15, 0.2) is 18.2 Å². The number of ether oxygens (including phenoxy) is 1. The van der Waals surface area contributed by atoms with Crippen molar-refractivity contribution < 1.29 is 14.2 Å². The van der Waals surface area contributed by atoms with Gasteiger partial charge in [0.05, 0.1) is 6.10 Å². The summed E-state index contributed by atoms with van der Waals surface area (Å²) >= 11 is 0.